The molecule has 6 heteroatoms. The van der Waals surface area contributed by atoms with E-state index in [2.05, 4.69) is 17.2 Å². The molecule has 0 spiro atoms. The molecule has 2 N–H and O–H groups in total. The van der Waals surface area contributed by atoms with Crippen LogP contribution >= 0.6 is 0 Å². The minimum atomic E-state index is -0.675. The number of hydrogen-bond donors (Lipinski definition) is 2. The lowest BCUT2D eigenvalue weighted by Gasteiger charge is -2.36. The van der Waals surface area contributed by atoms with Crippen LogP contribution in [0.1, 0.15) is 51.7 Å². The predicted molar refractivity (Wildman–Crippen MR) is 125 cm³/mol. The second-order valence-electron chi connectivity index (χ2n) is 9.19. The Balaban J connectivity index is 2.31. The van der Waals surface area contributed by atoms with Crippen molar-refractivity contribution in [2.24, 2.45) is 23.7 Å². The van der Waals surface area contributed by atoms with Crippen molar-refractivity contribution in [3.05, 3.63) is 53.6 Å². The van der Waals surface area contributed by atoms with Crippen molar-refractivity contribution in [1.82, 2.24) is 10.6 Å². The smallest absolute Gasteiger partial charge is 0.227 e. The highest BCUT2D eigenvalue weighted by atomic mass is 16.2. The van der Waals surface area contributed by atoms with E-state index < -0.39 is 23.3 Å². The number of carbonyl (C=O) groups excluding carboxylic acids is 4. The standard InChI is InChI=1S/C26H34N2O4/c1-16(2)18-8-7-9-21(14-18)26(4,5)28-24(31)22(10-11-29)19-12-17(3)23(25(32)27-6)20(13-19)15-30/h7-9,11-12,14-15,19-20,22-23H,1,10,13H2,2-6H3,(H,27,32)(H,28,31). The van der Waals surface area contributed by atoms with Crippen LogP contribution in [0.2, 0.25) is 0 Å². The van der Waals surface area contributed by atoms with Gasteiger partial charge in [-0.25, -0.2) is 0 Å². The maximum absolute atomic E-state index is 13.3. The third kappa shape index (κ3) is 5.61. The van der Waals surface area contributed by atoms with Gasteiger partial charge in [-0.15, -0.1) is 0 Å². The molecule has 1 aliphatic carbocycles. The number of nitrogens with one attached hydrogen (secondary N) is 2. The summed E-state index contributed by atoms with van der Waals surface area (Å²) in [6, 6.07) is 7.84. The van der Waals surface area contributed by atoms with Crippen LogP contribution in [0.25, 0.3) is 5.57 Å². The SMILES string of the molecule is C=C(C)c1cccc(C(C)(C)NC(=O)C(CC=O)C2C=C(C)C(C(=O)NC)C(C=O)C2)c1. The van der Waals surface area contributed by atoms with E-state index in [4.69, 9.17) is 0 Å². The number of carbonyl (C=O) groups is 4. The molecule has 4 unspecified atom stereocenters. The Bertz CT molecular complexity index is 932. The number of amides is 2. The molecule has 1 aliphatic rings. The minimum absolute atomic E-state index is 0.0401. The highest BCUT2D eigenvalue weighted by molar-refractivity contribution is 5.86. The van der Waals surface area contributed by atoms with E-state index in [1.54, 1.807) is 6.92 Å². The van der Waals surface area contributed by atoms with E-state index in [1.165, 1.54) is 7.05 Å². The van der Waals surface area contributed by atoms with Crippen molar-refractivity contribution in [2.75, 3.05) is 7.05 Å². The summed E-state index contributed by atoms with van der Waals surface area (Å²) >= 11 is 0. The molecule has 1 aromatic rings. The van der Waals surface area contributed by atoms with Gasteiger partial charge in [0.1, 0.15) is 12.6 Å². The molecule has 32 heavy (non-hydrogen) atoms. The molecule has 0 bridgehead atoms. The zero-order valence-electron chi connectivity index (χ0n) is 19.6. The lowest BCUT2D eigenvalue weighted by atomic mass is 9.70. The Morgan fingerprint density at radius 3 is 2.53 bits per heavy atom. The molecule has 0 radical (unpaired) electrons. The number of hydrogen-bond acceptors (Lipinski definition) is 4. The fourth-order valence-electron chi connectivity index (χ4n) is 4.49. The summed E-state index contributed by atoms with van der Waals surface area (Å²) in [6.07, 6.45) is 3.78. The van der Waals surface area contributed by atoms with Gasteiger partial charge in [-0.2, -0.15) is 0 Å². The van der Waals surface area contributed by atoms with Crippen molar-refractivity contribution in [1.29, 1.82) is 0 Å². The fourth-order valence-corrected chi connectivity index (χ4v) is 4.49. The first kappa shape index (κ1) is 25.2. The summed E-state index contributed by atoms with van der Waals surface area (Å²) in [6.45, 7) is 11.5. The molecule has 0 saturated heterocycles. The Kier molecular flexibility index (Phi) is 8.31. The van der Waals surface area contributed by atoms with Gasteiger partial charge in [-0.05, 0) is 57.2 Å². The topological polar surface area (TPSA) is 92.3 Å². The van der Waals surface area contributed by atoms with Crippen LogP contribution in [0.15, 0.2) is 42.5 Å². The molecule has 1 aromatic carbocycles. The lowest BCUT2D eigenvalue weighted by Crippen LogP contribution is -2.47. The van der Waals surface area contributed by atoms with E-state index in [-0.39, 0.29) is 24.2 Å². The molecule has 0 aliphatic heterocycles. The monoisotopic (exact) mass is 438 g/mol. The van der Waals surface area contributed by atoms with Gasteiger partial charge in [-0.1, -0.05) is 42.0 Å². The van der Waals surface area contributed by atoms with E-state index in [0.29, 0.717) is 6.42 Å². The minimum Gasteiger partial charge on any atom is -0.359 e. The van der Waals surface area contributed by atoms with Crippen molar-refractivity contribution in [3.63, 3.8) is 0 Å². The van der Waals surface area contributed by atoms with Crippen LogP contribution in [0, 0.1) is 23.7 Å². The van der Waals surface area contributed by atoms with Crippen molar-refractivity contribution in [3.8, 4) is 0 Å². The van der Waals surface area contributed by atoms with Crippen molar-refractivity contribution >= 4 is 30.0 Å². The quantitative estimate of drug-likeness (QED) is 0.456. The Hall–Kier alpha value is -3.02. The Morgan fingerprint density at radius 2 is 1.97 bits per heavy atom. The fraction of sp³-hybridized carbons (Fsp3) is 0.462. The molecule has 172 valence electrons. The van der Waals surface area contributed by atoms with Crippen LogP contribution in [-0.2, 0) is 24.7 Å². The average molecular weight is 439 g/mol. The molecule has 2 amide bonds. The van der Waals surface area contributed by atoms with Gasteiger partial charge < -0.3 is 20.2 Å². The second kappa shape index (κ2) is 10.5. The van der Waals surface area contributed by atoms with Crippen LogP contribution in [-0.4, -0.2) is 31.4 Å². The maximum atomic E-state index is 13.3. The second-order valence-corrected chi connectivity index (χ2v) is 9.19. The van der Waals surface area contributed by atoms with Crippen LogP contribution < -0.4 is 10.6 Å². The average Bonchev–Trinajstić information content (AvgIpc) is 2.75. The van der Waals surface area contributed by atoms with Crippen LogP contribution in [0.5, 0.6) is 0 Å². The van der Waals surface area contributed by atoms with Gasteiger partial charge in [0, 0.05) is 19.4 Å². The molecule has 0 heterocycles. The number of rotatable bonds is 9. The van der Waals surface area contributed by atoms with Crippen LogP contribution in [0.3, 0.4) is 0 Å². The zero-order valence-corrected chi connectivity index (χ0v) is 19.6. The molecular weight excluding hydrogens is 404 g/mol. The van der Waals surface area contributed by atoms with Gasteiger partial charge in [0.05, 0.1) is 17.4 Å². The summed E-state index contributed by atoms with van der Waals surface area (Å²) in [5.41, 5.74) is 2.92. The van der Waals surface area contributed by atoms with E-state index in [1.807, 2.05) is 51.1 Å². The molecule has 2 rings (SSSR count). The van der Waals surface area contributed by atoms with Crippen molar-refractivity contribution < 1.29 is 19.2 Å². The predicted octanol–water partition coefficient (Wildman–Crippen LogP) is 3.42. The molecule has 0 saturated carbocycles. The number of allylic oxidation sites excluding steroid dienone is 2. The van der Waals surface area contributed by atoms with Gasteiger partial charge in [-0.3, -0.25) is 9.59 Å². The summed E-state index contributed by atoms with van der Waals surface area (Å²) in [4.78, 5) is 48.8. The zero-order chi connectivity index (χ0) is 24.1. The third-order valence-electron chi connectivity index (χ3n) is 6.36. The van der Waals surface area contributed by atoms with Gasteiger partial charge in [0.15, 0.2) is 0 Å². The van der Waals surface area contributed by atoms with Gasteiger partial charge in [0.25, 0.3) is 0 Å². The third-order valence-corrected chi connectivity index (χ3v) is 6.36. The van der Waals surface area contributed by atoms with Gasteiger partial charge in [0.2, 0.25) is 11.8 Å². The first-order valence-corrected chi connectivity index (χ1v) is 10.9. The first-order valence-electron chi connectivity index (χ1n) is 10.9. The van der Waals surface area contributed by atoms with Gasteiger partial charge >= 0.3 is 0 Å². The molecule has 4 atom stereocenters. The largest absolute Gasteiger partial charge is 0.359 e. The summed E-state index contributed by atoms with van der Waals surface area (Å²) in [7, 11) is 1.54. The van der Waals surface area contributed by atoms with E-state index in [0.717, 1.165) is 34.8 Å². The number of aldehydes is 2. The lowest BCUT2D eigenvalue weighted by molar-refractivity contribution is -0.131. The van der Waals surface area contributed by atoms with E-state index >= 15 is 0 Å². The van der Waals surface area contributed by atoms with E-state index in [9.17, 15) is 19.2 Å². The number of benzene rings is 1. The summed E-state index contributed by atoms with van der Waals surface area (Å²) < 4.78 is 0. The highest BCUT2D eigenvalue weighted by Crippen LogP contribution is 2.37. The summed E-state index contributed by atoms with van der Waals surface area (Å²) in [5, 5.41) is 5.69. The molecular formula is C26H34N2O4. The highest BCUT2D eigenvalue weighted by Gasteiger charge is 2.39. The molecule has 0 aromatic heterocycles. The van der Waals surface area contributed by atoms with Crippen molar-refractivity contribution in [2.45, 2.75) is 46.1 Å². The Labute approximate surface area is 190 Å². The Morgan fingerprint density at radius 1 is 1.28 bits per heavy atom. The first-order chi connectivity index (χ1) is 15.0. The normalized spacial score (nSPS) is 21.7. The molecule has 6 nitrogen and oxygen atoms in total. The van der Waals surface area contributed by atoms with Crippen LogP contribution in [0.4, 0.5) is 0 Å². The summed E-state index contributed by atoms with van der Waals surface area (Å²) in [5.74, 6) is -2.49. The maximum Gasteiger partial charge on any atom is 0.227 e. The molecule has 0 fully saturated rings.